The smallest absolute Gasteiger partial charge is 0.225 e. The van der Waals surface area contributed by atoms with Crippen molar-refractivity contribution >= 4 is 11.8 Å². The van der Waals surface area contributed by atoms with Gasteiger partial charge >= 0.3 is 0 Å². The summed E-state index contributed by atoms with van der Waals surface area (Å²) in [5, 5.41) is 3.39. The molecular formula is C23H29N5. The standard InChI is InChI=1S/C23H29N5/c1-27(2)16-10-15-24-23-25-21(20-13-8-5-9-14-20)17-22(26-23)28(3)18-19-11-6-4-7-12-19/h4-9,11-14,17H,10,15-16,18H2,1-3H3,(H,24,25,26). The lowest BCUT2D eigenvalue weighted by atomic mass is 10.1. The number of hydrogen-bond donors (Lipinski definition) is 1. The van der Waals surface area contributed by atoms with Gasteiger partial charge in [-0.05, 0) is 32.6 Å². The zero-order valence-corrected chi connectivity index (χ0v) is 17.0. The summed E-state index contributed by atoms with van der Waals surface area (Å²) in [4.78, 5) is 13.9. The first-order chi connectivity index (χ1) is 13.6. The topological polar surface area (TPSA) is 44.3 Å². The number of nitrogens with zero attached hydrogens (tertiary/aromatic N) is 4. The van der Waals surface area contributed by atoms with E-state index in [1.165, 1.54) is 5.56 Å². The third-order valence-electron chi connectivity index (χ3n) is 4.50. The molecule has 3 rings (SSSR count). The molecule has 0 bridgehead atoms. The minimum absolute atomic E-state index is 0.676. The predicted octanol–water partition coefficient (Wildman–Crippen LogP) is 4.14. The van der Waals surface area contributed by atoms with Crippen LogP contribution in [0.4, 0.5) is 11.8 Å². The molecule has 28 heavy (non-hydrogen) atoms. The zero-order chi connectivity index (χ0) is 19.8. The summed E-state index contributed by atoms with van der Waals surface area (Å²) in [5.74, 6) is 1.59. The number of rotatable bonds is 9. The molecule has 3 aromatic rings. The first kappa shape index (κ1) is 19.8. The third kappa shape index (κ3) is 5.79. The molecule has 0 amide bonds. The van der Waals surface area contributed by atoms with E-state index in [2.05, 4.69) is 78.7 Å². The molecular weight excluding hydrogens is 346 g/mol. The van der Waals surface area contributed by atoms with Gasteiger partial charge in [-0.1, -0.05) is 60.7 Å². The Labute approximate surface area is 168 Å². The predicted molar refractivity (Wildman–Crippen MR) is 118 cm³/mol. The van der Waals surface area contributed by atoms with Crippen LogP contribution in [0.2, 0.25) is 0 Å². The van der Waals surface area contributed by atoms with E-state index < -0.39 is 0 Å². The average Bonchev–Trinajstić information content (AvgIpc) is 2.72. The van der Waals surface area contributed by atoms with Crippen LogP contribution < -0.4 is 10.2 Å². The number of aromatic nitrogens is 2. The van der Waals surface area contributed by atoms with Gasteiger partial charge in [0, 0.05) is 31.8 Å². The van der Waals surface area contributed by atoms with Crippen molar-refractivity contribution in [3.05, 3.63) is 72.3 Å². The summed E-state index contributed by atoms with van der Waals surface area (Å²) in [7, 11) is 6.24. The van der Waals surface area contributed by atoms with Crippen molar-refractivity contribution in [2.75, 3.05) is 44.4 Å². The fourth-order valence-electron chi connectivity index (χ4n) is 3.00. The van der Waals surface area contributed by atoms with Gasteiger partial charge in [0.15, 0.2) is 0 Å². The normalized spacial score (nSPS) is 10.9. The number of hydrogen-bond acceptors (Lipinski definition) is 5. The van der Waals surface area contributed by atoms with Gasteiger partial charge in [0.1, 0.15) is 5.82 Å². The molecule has 0 fully saturated rings. The number of nitrogens with one attached hydrogen (secondary N) is 1. The summed E-state index contributed by atoms with van der Waals surface area (Å²) in [6.45, 7) is 2.68. The van der Waals surface area contributed by atoms with Crippen LogP contribution in [-0.4, -0.2) is 49.1 Å². The molecule has 0 saturated carbocycles. The zero-order valence-electron chi connectivity index (χ0n) is 17.0. The van der Waals surface area contributed by atoms with Crippen LogP contribution in [0, 0.1) is 0 Å². The highest BCUT2D eigenvalue weighted by Crippen LogP contribution is 2.23. The second-order valence-electron chi connectivity index (χ2n) is 7.23. The Bertz CT molecular complexity index is 849. The monoisotopic (exact) mass is 375 g/mol. The maximum atomic E-state index is 4.76. The molecule has 2 aromatic carbocycles. The molecule has 0 spiro atoms. The van der Waals surface area contributed by atoms with E-state index in [4.69, 9.17) is 9.97 Å². The van der Waals surface area contributed by atoms with Crippen LogP contribution in [0.15, 0.2) is 66.7 Å². The minimum Gasteiger partial charge on any atom is -0.355 e. The van der Waals surface area contributed by atoms with Crippen LogP contribution in [0.25, 0.3) is 11.3 Å². The second-order valence-corrected chi connectivity index (χ2v) is 7.23. The molecule has 0 radical (unpaired) electrons. The Hall–Kier alpha value is -2.92. The van der Waals surface area contributed by atoms with Crippen LogP contribution in [0.3, 0.4) is 0 Å². The lowest BCUT2D eigenvalue weighted by molar-refractivity contribution is 0.405. The van der Waals surface area contributed by atoms with Crippen molar-refractivity contribution < 1.29 is 0 Å². The third-order valence-corrected chi connectivity index (χ3v) is 4.50. The summed E-state index contributed by atoms with van der Waals surface area (Å²) >= 11 is 0. The van der Waals surface area contributed by atoms with Gasteiger partial charge in [0.2, 0.25) is 5.95 Å². The fourth-order valence-corrected chi connectivity index (χ4v) is 3.00. The van der Waals surface area contributed by atoms with Gasteiger partial charge in [0.25, 0.3) is 0 Å². The summed E-state index contributed by atoms with van der Waals surface area (Å²) in [5.41, 5.74) is 3.28. The van der Waals surface area contributed by atoms with Gasteiger partial charge in [-0.15, -0.1) is 0 Å². The SMILES string of the molecule is CN(C)CCCNc1nc(-c2ccccc2)cc(N(C)Cc2ccccc2)n1. The molecule has 0 unspecified atom stereocenters. The Morgan fingerprint density at radius 1 is 0.857 bits per heavy atom. The first-order valence-corrected chi connectivity index (χ1v) is 9.70. The fraction of sp³-hybridized carbons (Fsp3) is 0.304. The van der Waals surface area contributed by atoms with E-state index in [1.807, 2.05) is 24.3 Å². The highest BCUT2D eigenvalue weighted by molar-refractivity contribution is 5.64. The molecule has 0 aliphatic heterocycles. The quantitative estimate of drug-likeness (QED) is 0.569. The maximum absolute atomic E-state index is 4.76. The van der Waals surface area contributed by atoms with Gasteiger partial charge < -0.3 is 15.1 Å². The minimum atomic E-state index is 0.676. The molecule has 1 heterocycles. The van der Waals surface area contributed by atoms with E-state index in [-0.39, 0.29) is 0 Å². The van der Waals surface area contributed by atoms with Crippen LogP contribution in [0.5, 0.6) is 0 Å². The molecule has 0 aliphatic carbocycles. The summed E-state index contributed by atoms with van der Waals surface area (Å²) in [6, 6.07) is 22.8. The Morgan fingerprint density at radius 3 is 2.21 bits per heavy atom. The summed E-state index contributed by atoms with van der Waals surface area (Å²) in [6.07, 6.45) is 1.04. The van der Waals surface area contributed by atoms with Crippen molar-refractivity contribution in [1.29, 1.82) is 0 Å². The highest BCUT2D eigenvalue weighted by Gasteiger charge is 2.10. The van der Waals surface area contributed by atoms with Gasteiger partial charge in [0.05, 0.1) is 5.69 Å². The Kier molecular flexibility index (Phi) is 6.98. The van der Waals surface area contributed by atoms with E-state index in [0.29, 0.717) is 5.95 Å². The van der Waals surface area contributed by atoms with E-state index in [1.54, 1.807) is 0 Å². The molecule has 146 valence electrons. The molecule has 0 aliphatic rings. The molecule has 0 atom stereocenters. The number of anilines is 2. The molecule has 0 saturated heterocycles. The van der Waals surface area contributed by atoms with E-state index in [0.717, 1.165) is 43.1 Å². The van der Waals surface area contributed by atoms with E-state index in [9.17, 15) is 0 Å². The van der Waals surface area contributed by atoms with Gasteiger partial charge in [-0.3, -0.25) is 0 Å². The lowest BCUT2D eigenvalue weighted by Crippen LogP contribution is -2.20. The highest BCUT2D eigenvalue weighted by atomic mass is 15.2. The van der Waals surface area contributed by atoms with Crippen molar-refractivity contribution in [2.45, 2.75) is 13.0 Å². The van der Waals surface area contributed by atoms with Crippen LogP contribution >= 0.6 is 0 Å². The van der Waals surface area contributed by atoms with E-state index >= 15 is 0 Å². The second kappa shape index (κ2) is 9.85. The molecule has 1 N–H and O–H groups in total. The molecule has 1 aromatic heterocycles. The van der Waals surface area contributed by atoms with Crippen LogP contribution in [-0.2, 0) is 6.54 Å². The van der Waals surface area contributed by atoms with Crippen molar-refractivity contribution in [1.82, 2.24) is 14.9 Å². The molecule has 5 heteroatoms. The lowest BCUT2D eigenvalue weighted by Gasteiger charge is -2.20. The molecule has 5 nitrogen and oxygen atoms in total. The van der Waals surface area contributed by atoms with Gasteiger partial charge in [-0.25, -0.2) is 4.98 Å². The van der Waals surface area contributed by atoms with Crippen LogP contribution in [0.1, 0.15) is 12.0 Å². The average molecular weight is 376 g/mol. The van der Waals surface area contributed by atoms with Crippen molar-refractivity contribution in [2.24, 2.45) is 0 Å². The van der Waals surface area contributed by atoms with Crippen molar-refractivity contribution in [3.63, 3.8) is 0 Å². The number of benzene rings is 2. The van der Waals surface area contributed by atoms with Crippen molar-refractivity contribution in [3.8, 4) is 11.3 Å². The Morgan fingerprint density at radius 2 is 1.54 bits per heavy atom. The Balaban J connectivity index is 1.82. The van der Waals surface area contributed by atoms with Gasteiger partial charge in [-0.2, -0.15) is 4.98 Å². The summed E-state index contributed by atoms with van der Waals surface area (Å²) < 4.78 is 0. The maximum Gasteiger partial charge on any atom is 0.225 e. The largest absolute Gasteiger partial charge is 0.355 e. The first-order valence-electron chi connectivity index (χ1n) is 9.70.